The predicted octanol–water partition coefficient (Wildman–Crippen LogP) is 3.00. The van der Waals surface area contributed by atoms with E-state index in [1.807, 2.05) is 17.7 Å². The van der Waals surface area contributed by atoms with E-state index in [2.05, 4.69) is 4.98 Å². The van der Waals surface area contributed by atoms with E-state index in [9.17, 15) is 4.39 Å². The maximum absolute atomic E-state index is 13.8. The van der Waals surface area contributed by atoms with Gasteiger partial charge in [0.25, 0.3) is 0 Å². The van der Waals surface area contributed by atoms with Crippen LogP contribution in [-0.2, 0) is 13.0 Å². The molecule has 0 amide bonds. The molecule has 1 aromatic heterocycles. The van der Waals surface area contributed by atoms with Gasteiger partial charge in [-0.3, -0.25) is 0 Å². The fraction of sp³-hybridized carbons (Fsp3) is 0.357. The van der Waals surface area contributed by atoms with Crippen LogP contribution in [0, 0.1) is 5.82 Å². The van der Waals surface area contributed by atoms with Gasteiger partial charge in [-0.25, -0.2) is 9.37 Å². The first-order chi connectivity index (χ1) is 9.10. The molecule has 3 nitrogen and oxygen atoms in total. The van der Waals surface area contributed by atoms with Gasteiger partial charge in [0.15, 0.2) is 0 Å². The minimum absolute atomic E-state index is 0.0798. The molecular formula is C14H17ClFN3. The van der Waals surface area contributed by atoms with Crippen LogP contribution >= 0.6 is 11.6 Å². The van der Waals surface area contributed by atoms with Gasteiger partial charge in [0.1, 0.15) is 11.6 Å². The Morgan fingerprint density at radius 2 is 2.26 bits per heavy atom. The summed E-state index contributed by atoms with van der Waals surface area (Å²) >= 11 is 5.74. The normalized spacial score (nSPS) is 12.6. The lowest BCUT2D eigenvalue weighted by atomic mass is 10.1. The number of hydrogen-bond donors (Lipinski definition) is 1. The third-order valence-corrected chi connectivity index (χ3v) is 3.36. The molecular weight excluding hydrogens is 265 g/mol. The number of nitrogens with two attached hydrogens (primary N) is 1. The first-order valence-corrected chi connectivity index (χ1v) is 6.67. The lowest BCUT2D eigenvalue weighted by molar-refractivity contribution is 0.575. The Balaban J connectivity index is 2.17. The van der Waals surface area contributed by atoms with Gasteiger partial charge in [0.2, 0.25) is 0 Å². The number of aromatic nitrogens is 2. The van der Waals surface area contributed by atoms with Gasteiger partial charge in [-0.1, -0.05) is 24.6 Å². The molecule has 0 bridgehead atoms. The van der Waals surface area contributed by atoms with Crippen LogP contribution in [0.25, 0.3) is 0 Å². The summed E-state index contributed by atoms with van der Waals surface area (Å²) in [6, 6.07) is 4.79. The lowest BCUT2D eigenvalue weighted by Crippen LogP contribution is -2.23. The first kappa shape index (κ1) is 14.0. The maximum Gasteiger partial charge on any atom is 0.129 e. The molecule has 1 atom stereocenters. The Morgan fingerprint density at radius 3 is 2.95 bits per heavy atom. The van der Waals surface area contributed by atoms with E-state index in [-0.39, 0.29) is 11.9 Å². The summed E-state index contributed by atoms with van der Waals surface area (Å²) in [5, 5.41) is 0.403. The van der Waals surface area contributed by atoms with E-state index in [1.165, 1.54) is 6.07 Å². The number of benzene rings is 1. The molecule has 5 heteroatoms. The highest BCUT2D eigenvalue weighted by Gasteiger charge is 2.10. The summed E-state index contributed by atoms with van der Waals surface area (Å²) in [6.45, 7) is 2.48. The van der Waals surface area contributed by atoms with Crippen LogP contribution < -0.4 is 5.73 Å². The van der Waals surface area contributed by atoms with Gasteiger partial charge in [-0.15, -0.1) is 0 Å². The highest BCUT2D eigenvalue weighted by molar-refractivity contribution is 6.30. The minimum atomic E-state index is -0.299. The first-order valence-electron chi connectivity index (χ1n) is 6.29. The average molecular weight is 282 g/mol. The predicted molar refractivity (Wildman–Crippen MR) is 74.7 cm³/mol. The highest BCUT2D eigenvalue weighted by atomic mass is 35.5. The summed E-state index contributed by atoms with van der Waals surface area (Å²) in [6.07, 6.45) is 5.14. The van der Waals surface area contributed by atoms with Crippen molar-refractivity contribution in [3.63, 3.8) is 0 Å². The van der Waals surface area contributed by atoms with Gasteiger partial charge in [-0.2, -0.15) is 0 Å². The zero-order valence-electron chi connectivity index (χ0n) is 10.8. The Morgan fingerprint density at radius 1 is 1.47 bits per heavy atom. The monoisotopic (exact) mass is 281 g/mol. The standard InChI is InChI=1S/C14H17ClFN3/c1-2-12(17)8-14-18-5-6-19(14)9-10-3-4-11(15)7-13(10)16/h3-7,12H,2,8-9,17H2,1H3. The van der Waals surface area contributed by atoms with E-state index < -0.39 is 0 Å². The summed E-state index contributed by atoms with van der Waals surface area (Å²) < 4.78 is 15.7. The van der Waals surface area contributed by atoms with Crippen molar-refractivity contribution in [3.05, 3.63) is 52.8 Å². The molecule has 0 spiro atoms. The Hall–Kier alpha value is -1.39. The van der Waals surface area contributed by atoms with Crippen molar-refractivity contribution in [1.29, 1.82) is 0 Å². The van der Waals surface area contributed by atoms with Crippen molar-refractivity contribution in [2.45, 2.75) is 32.4 Å². The number of rotatable bonds is 5. The van der Waals surface area contributed by atoms with Crippen molar-refractivity contribution in [1.82, 2.24) is 9.55 Å². The number of hydrogen-bond acceptors (Lipinski definition) is 2. The smallest absolute Gasteiger partial charge is 0.129 e. The summed E-state index contributed by atoms with van der Waals surface area (Å²) in [4.78, 5) is 4.28. The highest BCUT2D eigenvalue weighted by Crippen LogP contribution is 2.16. The van der Waals surface area contributed by atoms with E-state index in [0.717, 1.165) is 12.2 Å². The quantitative estimate of drug-likeness (QED) is 0.915. The molecule has 0 aliphatic heterocycles. The van der Waals surface area contributed by atoms with Crippen molar-refractivity contribution in [3.8, 4) is 0 Å². The molecule has 0 fully saturated rings. The Kier molecular flexibility index (Phi) is 4.56. The number of nitrogens with zero attached hydrogens (tertiary/aromatic N) is 2. The second-order valence-electron chi connectivity index (χ2n) is 4.58. The molecule has 0 aliphatic rings. The van der Waals surface area contributed by atoms with Crippen LogP contribution in [0.3, 0.4) is 0 Å². The zero-order chi connectivity index (χ0) is 13.8. The van der Waals surface area contributed by atoms with Crippen molar-refractivity contribution in [2.24, 2.45) is 5.73 Å². The van der Waals surface area contributed by atoms with Crippen LogP contribution in [0.4, 0.5) is 4.39 Å². The van der Waals surface area contributed by atoms with Crippen LogP contribution in [0.2, 0.25) is 5.02 Å². The summed E-state index contributed by atoms with van der Waals surface area (Å²) in [5.74, 6) is 0.579. The van der Waals surface area contributed by atoms with Crippen LogP contribution in [0.5, 0.6) is 0 Å². The van der Waals surface area contributed by atoms with Gasteiger partial charge >= 0.3 is 0 Å². The van der Waals surface area contributed by atoms with Crippen LogP contribution in [-0.4, -0.2) is 15.6 Å². The van der Waals surface area contributed by atoms with Gasteiger partial charge in [-0.05, 0) is 18.6 Å². The van der Waals surface area contributed by atoms with Gasteiger partial charge < -0.3 is 10.3 Å². The third kappa shape index (κ3) is 3.55. The molecule has 19 heavy (non-hydrogen) atoms. The van der Waals surface area contributed by atoms with Gasteiger partial charge in [0, 0.05) is 35.4 Å². The molecule has 0 aliphatic carbocycles. The van der Waals surface area contributed by atoms with Crippen molar-refractivity contribution in [2.75, 3.05) is 0 Å². The fourth-order valence-corrected chi connectivity index (χ4v) is 2.05. The molecule has 1 aromatic carbocycles. The fourth-order valence-electron chi connectivity index (χ4n) is 1.89. The molecule has 0 saturated carbocycles. The van der Waals surface area contributed by atoms with E-state index in [0.29, 0.717) is 23.6 Å². The van der Waals surface area contributed by atoms with Crippen molar-refractivity contribution >= 4 is 11.6 Å². The van der Waals surface area contributed by atoms with Crippen LogP contribution in [0.15, 0.2) is 30.6 Å². The topological polar surface area (TPSA) is 43.8 Å². The second-order valence-corrected chi connectivity index (χ2v) is 5.02. The SMILES string of the molecule is CCC(N)Cc1nccn1Cc1ccc(Cl)cc1F. The maximum atomic E-state index is 13.8. The third-order valence-electron chi connectivity index (χ3n) is 3.13. The lowest BCUT2D eigenvalue weighted by Gasteiger charge is -2.12. The molecule has 2 N–H and O–H groups in total. The largest absolute Gasteiger partial charge is 0.330 e. The molecule has 102 valence electrons. The Labute approximate surface area is 117 Å². The van der Waals surface area contributed by atoms with Crippen molar-refractivity contribution < 1.29 is 4.39 Å². The minimum Gasteiger partial charge on any atom is -0.330 e. The number of halogens is 2. The molecule has 0 radical (unpaired) electrons. The molecule has 1 heterocycles. The van der Waals surface area contributed by atoms with Crippen LogP contribution in [0.1, 0.15) is 24.7 Å². The van der Waals surface area contributed by atoms with E-state index in [4.69, 9.17) is 17.3 Å². The second kappa shape index (κ2) is 6.17. The van der Waals surface area contributed by atoms with E-state index in [1.54, 1.807) is 18.3 Å². The molecule has 1 unspecified atom stereocenters. The zero-order valence-corrected chi connectivity index (χ0v) is 11.6. The summed E-state index contributed by atoms with van der Waals surface area (Å²) in [7, 11) is 0. The molecule has 2 aromatic rings. The Bertz CT molecular complexity index is 553. The number of imidazole rings is 1. The molecule has 0 saturated heterocycles. The average Bonchev–Trinajstić information content (AvgIpc) is 2.80. The molecule has 2 rings (SSSR count). The van der Waals surface area contributed by atoms with E-state index >= 15 is 0 Å². The van der Waals surface area contributed by atoms with Gasteiger partial charge in [0.05, 0.1) is 6.54 Å². The summed E-state index contributed by atoms with van der Waals surface area (Å²) in [5.41, 5.74) is 6.52.